The molecule has 0 bridgehead atoms. The van der Waals surface area contributed by atoms with Crippen LogP contribution in [-0.4, -0.2) is 28.0 Å². The summed E-state index contributed by atoms with van der Waals surface area (Å²) in [7, 11) is -2.31. The van der Waals surface area contributed by atoms with Crippen molar-refractivity contribution in [3.05, 3.63) is 40.7 Å². The number of ether oxygens (including phenoxy) is 2. The maximum Gasteiger partial charge on any atom is 0.272 e. The monoisotopic (exact) mass is 376 g/mol. The van der Waals surface area contributed by atoms with E-state index in [4.69, 9.17) is 21.1 Å². The fourth-order valence-electron chi connectivity index (χ4n) is 1.47. The van der Waals surface area contributed by atoms with E-state index in [0.717, 1.165) is 11.3 Å². The van der Waals surface area contributed by atoms with Crippen molar-refractivity contribution >= 4 is 38.9 Å². The number of hydrazine groups is 1. The van der Waals surface area contributed by atoms with Gasteiger partial charge in [-0.3, -0.25) is 10.2 Å². The van der Waals surface area contributed by atoms with Crippen LogP contribution in [0, 0.1) is 0 Å². The van der Waals surface area contributed by atoms with Crippen LogP contribution >= 0.6 is 22.9 Å². The Morgan fingerprint density at radius 2 is 1.83 bits per heavy atom. The lowest BCUT2D eigenvalue weighted by Crippen LogP contribution is -2.43. The Morgan fingerprint density at radius 3 is 2.39 bits per heavy atom. The number of hydrogen-bond acceptors (Lipinski definition) is 6. The smallest absolute Gasteiger partial charge is 0.272 e. The minimum Gasteiger partial charge on any atom is -0.497 e. The number of thiophene rings is 1. The van der Waals surface area contributed by atoms with Crippen molar-refractivity contribution < 1.29 is 22.7 Å². The molecule has 0 saturated carbocycles. The highest BCUT2D eigenvalue weighted by Gasteiger charge is 2.17. The van der Waals surface area contributed by atoms with Crippen molar-refractivity contribution in [3.8, 4) is 11.5 Å². The predicted molar refractivity (Wildman–Crippen MR) is 86.3 cm³/mol. The van der Waals surface area contributed by atoms with Crippen molar-refractivity contribution in [3.63, 3.8) is 0 Å². The number of rotatable bonds is 7. The van der Waals surface area contributed by atoms with Crippen molar-refractivity contribution in [2.45, 2.75) is 4.21 Å². The summed E-state index contributed by atoms with van der Waals surface area (Å²) in [6.45, 7) is -0.347. The zero-order valence-corrected chi connectivity index (χ0v) is 14.3. The first-order valence-electron chi connectivity index (χ1n) is 6.23. The average molecular weight is 377 g/mol. The molecule has 124 valence electrons. The number of methoxy groups -OCH3 is 1. The van der Waals surface area contributed by atoms with Crippen molar-refractivity contribution in [1.29, 1.82) is 0 Å². The molecule has 0 aliphatic heterocycles. The van der Waals surface area contributed by atoms with Gasteiger partial charge in [0.25, 0.3) is 15.9 Å². The molecule has 2 N–H and O–H groups in total. The molecule has 1 aromatic carbocycles. The third-order valence-corrected chi connectivity index (χ3v) is 5.54. The second-order valence-corrected chi connectivity index (χ2v) is 7.80. The van der Waals surface area contributed by atoms with Crippen LogP contribution in [0.2, 0.25) is 4.34 Å². The van der Waals surface area contributed by atoms with Gasteiger partial charge in [0.15, 0.2) is 6.61 Å². The Kier molecular flexibility index (Phi) is 5.83. The molecule has 2 rings (SSSR count). The zero-order valence-electron chi connectivity index (χ0n) is 11.9. The van der Waals surface area contributed by atoms with E-state index in [-0.39, 0.29) is 10.8 Å². The molecule has 0 aliphatic rings. The highest BCUT2D eigenvalue weighted by molar-refractivity contribution is 7.91. The molecule has 0 fully saturated rings. The summed E-state index contributed by atoms with van der Waals surface area (Å²) in [6, 6.07) is 9.41. The number of amides is 1. The number of hydrogen-bond donors (Lipinski definition) is 2. The van der Waals surface area contributed by atoms with E-state index in [1.54, 1.807) is 24.3 Å². The summed E-state index contributed by atoms with van der Waals surface area (Å²) < 4.78 is 34.3. The van der Waals surface area contributed by atoms with Gasteiger partial charge in [0.1, 0.15) is 15.7 Å². The van der Waals surface area contributed by atoms with Gasteiger partial charge in [-0.05, 0) is 36.4 Å². The molecular formula is C13H13ClN2O5S2. The molecule has 1 aromatic heterocycles. The zero-order chi connectivity index (χ0) is 16.9. The topological polar surface area (TPSA) is 93.7 Å². The number of sulfonamides is 1. The predicted octanol–water partition coefficient (Wildman–Crippen LogP) is 1.80. The Hall–Kier alpha value is -1.81. The molecule has 0 atom stereocenters. The third kappa shape index (κ3) is 5.10. The minimum atomic E-state index is -3.85. The number of benzene rings is 1. The van der Waals surface area contributed by atoms with E-state index in [0.29, 0.717) is 15.8 Å². The fourth-order valence-corrected chi connectivity index (χ4v) is 3.82. The first-order valence-corrected chi connectivity index (χ1v) is 8.91. The molecule has 1 heterocycles. The van der Waals surface area contributed by atoms with E-state index in [1.807, 2.05) is 4.83 Å². The van der Waals surface area contributed by atoms with Gasteiger partial charge in [-0.15, -0.1) is 16.2 Å². The lowest BCUT2D eigenvalue weighted by atomic mass is 10.3. The number of halogens is 1. The van der Waals surface area contributed by atoms with Gasteiger partial charge < -0.3 is 9.47 Å². The molecule has 10 heteroatoms. The Bertz CT molecular complexity index is 774. The van der Waals surface area contributed by atoms with Gasteiger partial charge in [-0.2, -0.15) is 0 Å². The van der Waals surface area contributed by atoms with Crippen LogP contribution in [0.15, 0.2) is 40.6 Å². The van der Waals surface area contributed by atoms with E-state index < -0.39 is 15.9 Å². The molecule has 0 aliphatic carbocycles. The van der Waals surface area contributed by atoms with Crippen LogP contribution < -0.4 is 19.7 Å². The average Bonchev–Trinajstić information content (AvgIpc) is 2.99. The molecular weight excluding hydrogens is 364 g/mol. The van der Waals surface area contributed by atoms with Gasteiger partial charge in [0, 0.05) is 0 Å². The van der Waals surface area contributed by atoms with Crippen LogP contribution in [0.1, 0.15) is 0 Å². The molecule has 0 radical (unpaired) electrons. The van der Waals surface area contributed by atoms with Crippen molar-refractivity contribution in [1.82, 2.24) is 10.3 Å². The Morgan fingerprint density at radius 1 is 1.17 bits per heavy atom. The highest BCUT2D eigenvalue weighted by Crippen LogP contribution is 2.24. The van der Waals surface area contributed by atoms with Crippen LogP contribution in [-0.2, 0) is 14.8 Å². The minimum absolute atomic E-state index is 0.00104. The van der Waals surface area contributed by atoms with Gasteiger partial charge >= 0.3 is 0 Å². The van der Waals surface area contributed by atoms with E-state index in [9.17, 15) is 13.2 Å². The lowest BCUT2D eigenvalue weighted by Gasteiger charge is -2.09. The first kappa shape index (κ1) is 17.5. The third-order valence-electron chi connectivity index (χ3n) is 2.57. The summed E-state index contributed by atoms with van der Waals surface area (Å²) in [4.78, 5) is 13.6. The maximum absolute atomic E-state index is 11.9. The van der Waals surface area contributed by atoms with Crippen LogP contribution in [0.4, 0.5) is 0 Å². The van der Waals surface area contributed by atoms with Gasteiger partial charge in [0.2, 0.25) is 0 Å². The largest absolute Gasteiger partial charge is 0.497 e. The number of nitrogens with one attached hydrogen (secondary N) is 2. The summed E-state index contributed by atoms with van der Waals surface area (Å²) >= 11 is 6.56. The Labute approximate surface area is 142 Å². The van der Waals surface area contributed by atoms with Gasteiger partial charge in [0.05, 0.1) is 11.4 Å². The van der Waals surface area contributed by atoms with Crippen molar-refractivity contribution in [2.24, 2.45) is 0 Å². The lowest BCUT2D eigenvalue weighted by molar-refractivity contribution is -0.123. The second-order valence-electron chi connectivity index (χ2n) is 4.18. The first-order chi connectivity index (χ1) is 10.9. The van der Waals surface area contributed by atoms with Gasteiger partial charge in [-0.1, -0.05) is 11.6 Å². The van der Waals surface area contributed by atoms with Crippen molar-refractivity contribution in [2.75, 3.05) is 13.7 Å². The molecule has 0 spiro atoms. The Balaban J connectivity index is 1.82. The fraction of sp³-hybridized carbons (Fsp3) is 0.154. The molecule has 23 heavy (non-hydrogen) atoms. The van der Waals surface area contributed by atoms with Crippen LogP contribution in [0.5, 0.6) is 11.5 Å². The summed E-state index contributed by atoms with van der Waals surface area (Å²) in [5.74, 6) is 0.463. The van der Waals surface area contributed by atoms with Crippen LogP contribution in [0.3, 0.4) is 0 Å². The molecule has 7 nitrogen and oxygen atoms in total. The standard InChI is InChI=1S/C13H13ClN2O5S2/c1-20-9-2-4-10(5-3-9)21-8-12(17)15-16-23(18,19)13-7-6-11(14)22-13/h2-7,16H,8H2,1H3,(H,15,17). The number of carbonyl (C=O) groups excluding carboxylic acids is 1. The summed E-state index contributed by atoms with van der Waals surface area (Å²) in [6.07, 6.45) is 0. The molecule has 2 aromatic rings. The maximum atomic E-state index is 11.9. The molecule has 1 amide bonds. The number of carbonyl (C=O) groups is 1. The summed E-state index contributed by atoms with van der Waals surface area (Å²) in [5.41, 5.74) is 2.06. The van der Waals surface area contributed by atoms with Gasteiger partial charge in [-0.25, -0.2) is 8.42 Å². The van der Waals surface area contributed by atoms with E-state index >= 15 is 0 Å². The highest BCUT2D eigenvalue weighted by atomic mass is 35.5. The van der Waals surface area contributed by atoms with Crippen LogP contribution in [0.25, 0.3) is 0 Å². The summed E-state index contributed by atoms with van der Waals surface area (Å²) in [5, 5.41) is 0. The van der Waals surface area contributed by atoms with E-state index in [1.165, 1.54) is 19.2 Å². The SMILES string of the molecule is COc1ccc(OCC(=O)NNS(=O)(=O)c2ccc(Cl)s2)cc1. The normalized spacial score (nSPS) is 11.0. The quantitative estimate of drug-likeness (QED) is 0.718. The molecule has 0 unspecified atom stereocenters. The molecule has 0 saturated heterocycles. The van der Waals surface area contributed by atoms with E-state index in [2.05, 4.69) is 5.43 Å². The second kappa shape index (κ2) is 7.64.